The fourth-order valence-electron chi connectivity index (χ4n) is 2.95. The molecule has 0 amide bonds. The van der Waals surface area contributed by atoms with Gasteiger partial charge in [0.15, 0.2) is 0 Å². The number of aryl methyl sites for hydroxylation is 2. The third-order valence-electron chi connectivity index (χ3n) is 3.97. The Kier molecular flexibility index (Phi) is 2.11. The van der Waals surface area contributed by atoms with Crippen molar-refractivity contribution in [3.05, 3.63) is 64.4 Å². The summed E-state index contributed by atoms with van der Waals surface area (Å²) in [5, 5.41) is 1.10. The lowest BCUT2D eigenvalue weighted by Crippen LogP contribution is -2.19. The molecule has 0 bridgehead atoms. The molecule has 0 saturated heterocycles. The van der Waals surface area contributed by atoms with Crippen LogP contribution in [0.4, 0.5) is 0 Å². The van der Waals surface area contributed by atoms with Crippen molar-refractivity contribution in [2.45, 2.75) is 6.92 Å². The maximum Gasteiger partial charge on any atom is 0.275 e. The summed E-state index contributed by atoms with van der Waals surface area (Å²) in [5.74, 6) is 0. The van der Waals surface area contributed by atoms with E-state index >= 15 is 0 Å². The highest BCUT2D eigenvalue weighted by atomic mass is 16.1. The van der Waals surface area contributed by atoms with Crippen LogP contribution < -0.4 is 5.56 Å². The molecule has 0 saturated carbocycles. The van der Waals surface area contributed by atoms with Gasteiger partial charge in [-0.15, -0.1) is 0 Å². The Morgan fingerprint density at radius 2 is 1.60 bits per heavy atom. The Morgan fingerprint density at radius 3 is 2.40 bits per heavy atom. The molecule has 0 fully saturated rings. The number of fused-ring (bicyclic) bond motifs is 5. The molecule has 2 aromatic carbocycles. The van der Waals surface area contributed by atoms with Crippen molar-refractivity contribution in [1.29, 1.82) is 0 Å². The molecule has 0 aliphatic rings. The van der Waals surface area contributed by atoms with Crippen LogP contribution in [0, 0.1) is 6.92 Å². The van der Waals surface area contributed by atoms with E-state index in [4.69, 9.17) is 0 Å². The molecular formula is C17H14N2O. The SMILES string of the molecule is Cc1ccc2cc3c(=O)n(C)c4ccccc4n3c2c1. The van der Waals surface area contributed by atoms with E-state index in [1.54, 1.807) is 4.57 Å². The number of hydrogen-bond acceptors (Lipinski definition) is 1. The molecule has 98 valence electrons. The van der Waals surface area contributed by atoms with Crippen LogP contribution in [-0.2, 0) is 7.05 Å². The van der Waals surface area contributed by atoms with Crippen LogP contribution in [0.15, 0.2) is 53.3 Å². The monoisotopic (exact) mass is 262 g/mol. The number of rotatable bonds is 0. The van der Waals surface area contributed by atoms with Gasteiger partial charge >= 0.3 is 0 Å². The Labute approximate surface area is 115 Å². The first-order valence-electron chi connectivity index (χ1n) is 6.66. The number of benzene rings is 2. The maximum absolute atomic E-state index is 12.5. The van der Waals surface area contributed by atoms with Crippen molar-refractivity contribution in [3.63, 3.8) is 0 Å². The predicted molar refractivity (Wildman–Crippen MR) is 82.4 cm³/mol. The second kappa shape index (κ2) is 3.73. The molecule has 0 N–H and O–H groups in total. The Morgan fingerprint density at radius 1 is 0.850 bits per heavy atom. The van der Waals surface area contributed by atoms with Crippen LogP contribution in [0.2, 0.25) is 0 Å². The fraction of sp³-hybridized carbons (Fsp3) is 0.118. The van der Waals surface area contributed by atoms with Gasteiger partial charge in [0, 0.05) is 12.4 Å². The highest BCUT2D eigenvalue weighted by Gasteiger charge is 2.11. The summed E-state index contributed by atoms with van der Waals surface area (Å²) in [6, 6.07) is 16.3. The molecule has 0 unspecified atom stereocenters. The van der Waals surface area contributed by atoms with Gasteiger partial charge in [0.2, 0.25) is 0 Å². The zero-order chi connectivity index (χ0) is 13.9. The third kappa shape index (κ3) is 1.32. The third-order valence-corrected chi connectivity index (χ3v) is 3.97. The molecule has 3 nitrogen and oxygen atoms in total. The van der Waals surface area contributed by atoms with Crippen molar-refractivity contribution < 1.29 is 0 Å². The summed E-state index contributed by atoms with van der Waals surface area (Å²) in [6.45, 7) is 2.07. The van der Waals surface area contributed by atoms with Gasteiger partial charge in [0.05, 0.1) is 16.6 Å². The molecular weight excluding hydrogens is 248 g/mol. The molecule has 0 radical (unpaired) electrons. The van der Waals surface area contributed by atoms with Crippen LogP contribution in [0.25, 0.3) is 27.5 Å². The van der Waals surface area contributed by atoms with Crippen LogP contribution in [0.1, 0.15) is 5.56 Å². The van der Waals surface area contributed by atoms with E-state index in [1.807, 2.05) is 31.3 Å². The first-order valence-corrected chi connectivity index (χ1v) is 6.66. The second-order valence-electron chi connectivity index (χ2n) is 5.28. The molecule has 2 aromatic heterocycles. The van der Waals surface area contributed by atoms with Gasteiger partial charge < -0.3 is 8.97 Å². The number of aromatic nitrogens is 2. The smallest absolute Gasteiger partial charge is 0.275 e. The lowest BCUT2D eigenvalue weighted by Gasteiger charge is -2.08. The van der Waals surface area contributed by atoms with Gasteiger partial charge in [-0.3, -0.25) is 4.79 Å². The average molecular weight is 262 g/mol. The lowest BCUT2D eigenvalue weighted by molar-refractivity contribution is 0.902. The summed E-state index contributed by atoms with van der Waals surface area (Å²) in [7, 11) is 1.83. The van der Waals surface area contributed by atoms with Crippen molar-refractivity contribution in [2.24, 2.45) is 7.05 Å². The predicted octanol–water partition coefficient (Wildman–Crippen LogP) is 3.25. The molecule has 2 heterocycles. The van der Waals surface area contributed by atoms with E-state index in [-0.39, 0.29) is 5.56 Å². The molecule has 0 aliphatic heterocycles. The topological polar surface area (TPSA) is 26.4 Å². The minimum atomic E-state index is 0.0394. The normalized spacial score (nSPS) is 11.7. The average Bonchev–Trinajstić information content (AvgIpc) is 2.83. The van der Waals surface area contributed by atoms with E-state index in [0.717, 1.165) is 27.5 Å². The summed E-state index contributed by atoms with van der Waals surface area (Å²) < 4.78 is 3.79. The highest BCUT2D eigenvalue weighted by Crippen LogP contribution is 2.24. The second-order valence-corrected chi connectivity index (χ2v) is 5.28. The van der Waals surface area contributed by atoms with Crippen molar-refractivity contribution in [2.75, 3.05) is 0 Å². The lowest BCUT2D eigenvalue weighted by atomic mass is 10.2. The molecule has 3 heteroatoms. The number of para-hydroxylation sites is 2. The van der Waals surface area contributed by atoms with E-state index in [9.17, 15) is 4.79 Å². The van der Waals surface area contributed by atoms with Gasteiger partial charge in [-0.1, -0.05) is 24.3 Å². The Hall–Kier alpha value is -2.55. The first-order chi connectivity index (χ1) is 9.66. The fourth-order valence-corrected chi connectivity index (χ4v) is 2.95. The molecule has 4 aromatic rings. The minimum Gasteiger partial charge on any atom is -0.308 e. The van der Waals surface area contributed by atoms with Crippen molar-refractivity contribution >= 4 is 27.5 Å². The minimum absolute atomic E-state index is 0.0394. The van der Waals surface area contributed by atoms with E-state index in [0.29, 0.717) is 0 Å². The largest absolute Gasteiger partial charge is 0.308 e. The summed E-state index contributed by atoms with van der Waals surface area (Å²) in [4.78, 5) is 12.5. The number of hydrogen-bond donors (Lipinski definition) is 0. The summed E-state index contributed by atoms with van der Waals surface area (Å²) in [6.07, 6.45) is 0. The van der Waals surface area contributed by atoms with Crippen LogP contribution >= 0.6 is 0 Å². The van der Waals surface area contributed by atoms with Gasteiger partial charge in [-0.25, -0.2) is 0 Å². The van der Waals surface area contributed by atoms with Crippen molar-refractivity contribution in [3.8, 4) is 0 Å². The standard InChI is InChI=1S/C17H14N2O/c1-11-7-8-12-10-16-17(20)18(2)13-5-3-4-6-14(13)19(16)15(12)9-11/h3-10H,1-2H3. The van der Waals surface area contributed by atoms with Crippen LogP contribution in [-0.4, -0.2) is 8.97 Å². The quantitative estimate of drug-likeness (QED) is 0.478. The van der Waals surface area contributed by atoms with E-state index in [1.165, 1.54) is 5.56 Å². The summed E-state index contributed by atoms with van der Waals surface area (Å²) in [5.41, 5.74) is 5.06. The molecule has 0 spiro atoms. The zero-order valence-electron chi connectivity index (χ0n) is 11.4. The highest BCUT2D eigenvalue weighted by molar-refractivity contribution is 5.93. The Balaban J connectivity index is 2.44. The van der Waals surface area contributed by atoms with E-state index < -0.39 is 0 Å². The zero-order valence-corrected chi connectivity index (χ0v) is 11.4. The van der Waals surface area contributed by atoms with Gasteiger partial charge in [-0.05, 0) is 36.8 Å². The summed E-state index contributed by atoms with van der Waals surface area (Å²) >= 11 is 0. The first kappa shape index (κ1) is 11.3. The van der Waals surface area contributed by atoms with Gasteiger partial charge in [0.25, 0.3) is 5.56 Å². The van der Waals surface area contributed by atoms with Crippen molar-refractivity contribution in [1.82, 2.24) is 8.97 Å². The van der Waals surface area contributed by atoms with E-state index in [2.05, 4.69) is 35.6 Å². The number of nitrogens with zero attached hydrogens (tertiary/aromatic N) is 2. The van der Waals surface area contributed by atoms with Gasteiger partial charge in [0.1, 0.15) is 5.52 Å². The van der Waals surface area contributed by atoms with Crippen LogP contribution in [0.3, 0.4) is 0 Å². The van der Waals surface area contributed by atoms with Crippen LogP contribution in [0.5, 0.6) is 0 Å². The molecule has 0 aliphatic carbocycles. The molecule has 4 rings (SSSR count). The van der Waals surface area contributed by atoms with Gasteiger partial charge in [-0.2, -0.15) is 0 Å². The molecule has 0 atom stereocenters. The maximum atomic E-state index is 12.5. The Bertz CT molecular complexity index is 1040. The molecule has 20 heavy (non-hydrogen) atoms.